The van der Waals surface area contributed by atoms with Crippen molar-refractivity contribution >= 4 is 97.0 Å². The first-order valence-electron chi connectivity index (χ1n) is 30.4. The molecule has 0 bridgehead atoms. The maximum Gasteiger partial charge on any atom is 0.306 e. The third-order valence-electron chi connectivity index (χ3n) is 17.3. The van der Waals surface area contributed by atoms with Crippen molar-refractivity contribution < 1.29 is 31.3 Å². The minimum atomic E-state index is -0.807. The lowest BCUT2D eigenvalue weighted by atomic mass is 9.80. The zero-order valence-corrected chi connectivity index (χ0v) is 52.6. The molecular weight excluding hydrogens is 1120 g/mol. The normalized spacial score (nSPS) is 18.7. The molecule has 3 aliphatic heterocycles. The second kappa shape index (κ2) is 27.5. The van der Waals surface area contributed by atoms with Gasteiger partial charge < -0.3 is 43.3 Å². The summed E-state index contributed by atoms with van der Waals surface area (Å²) >= 11 is 0. The van der Waals surface area contributed by atoms with Crippen molar-refractivity contribution in [3.63, 3.8) is 0 Å². The Hall–Kier alpha value is -8.39. The molecule has 0 aromatic heterocycles. The Balaban J connectivity index is 0.00000451. The van der Waals surface area contributed by atoms with Gasteiger partial charge in [0.1, 0.15) is 18.8 Å². The van der Waals surface area contributed by atoms with E-state index in [1.807, 2.05) is 104 Å². The number of carbonyl (C=O) groups is 2. The SMILES string of the molecule is CCN1/C(=C\C=C\C2=C(NCCCCNC(=O)CCC(=O)OCC3(C)Nc4cccc5c(N=Nc6ccc(N=Nc7ccccc7)c7ccccc67)ccc(c45)N3)C(/C=C/C3=[N+](CC)c4ccccc4C3(C)C)CCC2)C(C)(C)c2ccccc21.Cl.[Cl-]. The Bertz CT molecular complexity index is 3890. The van der Waals surface area contributed by atoms with Crippen molar-refractivity contribution in [2.75, 3.05) is 48.3 Å². The lowest BCUT2D eigenvalue weighted by Gasteiger charge is -2.38. The van der Waals surface area contributed by atoms with E-state index in [4.69, 9.17) is 15.0 Å². The van der Waals surface area contributed by atoms with Gasteiger partial charge in [0.25, 0.3) is 0 Å². The van der Waals surface area contributed by atoms with Gasteiger partial charge in [0.05, 0.1) is 34.6 Å². The number of azo groups is 2. The number of likely N-dealkylation sites (N-methyl/N-ethyl adjacent to an activating group) is 1. The van der Waals surface area contributed by atoms with Gasteiger partial charge in [-0.1, -0.05) is 123 Å². The van der Waals surface area contributed by atoms with E-state index in [0.29, 0.717) is 12.2 Å². The number of nitrogens with one attached hydrogen (secondary N) is 4. The van der Waals surface area contributed by atoms with Crippen LogP contribution in [0.15, 0.2) is 213 Å². The molecule has 1 amide bonds. The van der Waals surface area contributed by atoms with Crippen LogP contribution in [-0.2, 0) is 25.2 Å². The number of allylic oxidation sites excluding steroid dienone is 7. The first kappa shape index (κ1) is 63.1. The Morgan fingerprint density at radius 1 is 0.690 bits per heavy atom. The van der Waals surface area contributed by atoms with E-state index in [9.17, 15) is 9.59 Å². The summed E-state index contributed by atoms with van der Waals surface area (Å²) in [5.41, 5.74) is 14.3. The predicted molar refractivity (Wildman–Crippen MR) is 354 cm³/mol. The van der Waals surface area contributed by atoms with E-state index >= 15 is 0 Å². The molecule has 0 fully saturated rings. The number of amides is 1. The molecule has 13 nitrogen and oxygen atoms in total. The van der Waals surface area contributed by atoms with Crippen molar-refractivity contribution in [1.29, 1.82) is 0 Å². The van der Waals surface area contributed by atoms with Gasteiger partial charge in [-0.15, -0.1) is 27.7 Å². The summed E-state index contributed by atoms with van der Waals surface area (Å²) < 4.78 is 8.29. The Morgan fingerprint density at radius 3 is 2.06 bits per heavy atom. The van der Waals surface area contributed by atoms with Gasteiger partial charge in [-0.2, -0.15) is 9.69 Å². The van der Waals surface area contributed by atoms with Crippen LogP contribution in [0.2, 0.25) is 0 Å². The zero-order valence-electron chi connectivity index (χ0n) is 51.0. The number of benzene rings is 7. The fraction of sp³-hybridized carbons (Fsp3) is 0.319. The third-order valence-corrected chi connectivity index (χ3v) is 17.3. The van der Waals surface area contributed by atoms with Crippen molar-refractivity contribution in [3.05, 3.63) is 204 Å². The number of carbonyl (C=O) groups excluding carboxylic acids is 2. The average Bonchev–Trinajstić information content (AvgIpc) is 1.85. The number of anilines is 3. The van der Waals surface area contributed by atoms with Crippen molar-refractivity contribution in [3.8, 4) is 0 Å². The number of para-hydroxylation sites is 2. The highest BCUT2D eigenvalue weighted by Gasteiger charge is 2.44. The molecule has 0 saturated carbocycles. The Kier molecular flexibility index (Phi) is 20.0. The molecule has 0 radical (unpaired) electrons. The molecule has 1 aliphatic carbocycles. The molecule has 0 saturated heterocycles. The third kappa shape index (κ3) is 13.5. The minimum absolute atomic E-state index is 0. The van der Waals surface area contributed by atoms with Gasteiger partial charge >= 0.3 is 5.97 Å². The monoisotopic (exact) mass is 1200 g/mol. The van der Waals surface area contributed by atoms with E-state index in [-0.39, 0.29) is 66.9 Å². The quantitative estimate of drug-likeness (QED) is 0.0242. The number of unbranched alkanes of at least 4 members (excludes halogenated alkanes) is 1. The van der Waals surface area contributed by atoms with Crippen LogP contribution < -0.4 is 38.6 Å². The molecule has 2 unspecified atom stereocenters. The molecule has 7 aromatic carbocycles. The average molecular weight is 1200 g/mol. The van der Waals surface area contributed by atoms with Crippen LogP contribution in [0.5, 0.6) is 0 Å². The summed E-state index contributed by atoms with van der Waals surface area (Å²) in [6, 6.07) is 49.0. The van der Waals surface area contributed by atoms with Gasteiger partial charge in [-0.3, -0.25) is 9.59 Å². The molecule has 11 rings (SSSR count). The highest BCUT2D eigenvalue weighted by molar-refractivity contribution is 6.10. The molecule has 7 aromatic rings. The van der Waals surface area contributed by atoms with Crippen LogP contribution in [0.3, 0.4) is 0 Å². The minimum Gasteiger partial charge on any atom is -1.00 e. The fourth-order valence-electron chi connectivity index (χ4n) is 12.9. The summed E-state index contributed by atoms with van der Waals surface area (Å²) in [6.07, 6.45) is 16.7. The molecule has 4 N–H and O–H groups in total. The number of rotatable bonds is 21. The van der Waals surface area contributed by atoms with Crippen LogP contribution in [0, 0.1) is 5.92 Å². The Labute approximate surface area is 524 Å². The molecule has 15 heteroatoms. The number of nitrogens with zero attached hydrogens (tertiary/aromatic N) is 6. The number of esters is 1. The number of hydrogen-bond acceptors (Lipinski definition) is 11. The predicted octanol–water partition coefficient (Wildman–Crippen LogP) is 14.6. The number of hydrogen-bond donors (Lipinski definition) is 4. The van der Waals surface area contributed by atoms with Gasteiger partial charge in [0.2, 0.25) is 11.6 Å². The van der Waals surface area contributed by atoms with E-state index < -0.39 is 11.6 Å². The standard InChI is InChI=1S/C72H78N10O3.2ClH/c1-8-81-62-35-17-15-32-55(62)70(3,4)64(81)37-22-26-49-24-21-25-50(38-43-65-71(5,6)56-33-16-18-36-63(56)82(65)9-2)69(49)74-47-20-19-46-73-66(83)44-45-67(84)85-48-72(7)75-60-34-23-31-54-59(41-42-61(76-72)68(54)60)80-79-58-40-39-57(52-29-13-14-30-53(52)58)78-77-51-27-11-10-12-28-51;;/h10-18,22-23,26-43,50,74H,8-9,19-21,24-25,44-48H2,1-7H3,(H2-,73,75,76,77,79,83);2*1H/b26-22+,43-38+,64-37-;;. The molecule has 87 heavy (non-hydrogen) atoms. The van der Waals surface area contributed by atoms with Gasteiger partial charge in [0.15, 0.2) is 5.71 Å². The molecule has 0 spiro atoms. The highest BCUT2D eigenvalue weighted by Crippen LogP contribution is 2.48. The number of fused-ring (bicyclic) bond motifs is 3. The Morgan fingerprint density at radius 2 is 1.32 bits per heavy atom. The van der Waals surface area contributed by atoms with Gasteiger partial charge in [-0.05, 0) is 132 Å². The summed E-state index contributed by atoms with van der Waals surface area (Å²) in [4.78, 5) is 28.7. The smallest absolute Gasteiger partial charge is 0.306 e. The van der Waals surface area contributed by atoms with E-state index in [1.165, 1.54) is 45.2 Å². The summed E-state index contributed by atoms with van der Waals surface area (Å²) in [6.45, 7) is 18.9. The molecular formula is C72H80Cl2N10O3. The second-order valence-electron chi connectivity index (χ2n) is 23.8. The molecule has 3 heterocycles. The topological polar surface area (TPSA) is 147 Å². The van der Waals surface area contributed by atoms with Crippen molar-refractivity contribution in [2.45, 2.75) is 110 Å². The van der Waals surface area contributed by atoms with Crippen LogP contribution in [0.4, 0.5) is 45.5 Å². The van der Waals surface area contributed by atoms with Gasteiger partial charge in [-0.25, -0.2) is 0 Å². The summed E-state index contributed by atoms with van der Waals surface area (Å²) in [5, 5.41) is 36.3. The first-order valence-corrected chi connectivity index (χ1v) is 30.4. The summed E-state index contributed by atoms with van der Waals surface area (Å²) in [7, 11) is 0. The zero-order chi connectivity index (χ0) is 59.1. The van der Waals surface area contributed by atoms with E-state index in [2.05, 4.69) is 161 Å². The van der Waals surface area contributed by atoms with Crippen molar-refractivity contribution in [1.82, 2.24) is 10.6 Å². The first-order chi connectivity index (χ1) is 41.3. The lowest BCUT2D eigenvalue weighted by molar-refractivity contribution is -0.433. The number of ether oxygens (including phenoxy) is 1. The van der Waals surface area contributed by atoms with Crippen LogP contribution in [-0.4, -0.2) is 60.6 Å². The lowest BCUT2D eigenvalue weighted by Crippen LogP contribution is -3.00. The molecule has 450 valence electrons. The molecule has 2 atom stereocenters. The van der Waals surface area contributed by atoms with Crippen LogP contribution in [0.1, 0.15) is 105 Å². The van der Waals surface area contributed by atoms with E-state index in [1.54, 1.807) is 0 Å². The van der Waals surface area contributed by atoms with Crippen LogP contribution in [0.25, 0.3) is 21.5 Å². The van der Waals surface area contributed by atoms with Crippen molar-refractivity contribution in [2.24, 2.45) is 26.4 Å². The maximum absolute atomic E-state index is 13.2. The largest absolute Gasteiger partial charge is 1.00 e. The molecule has 4 aliphatic rings. The summed E-state index contributed by atoms with van der Waals surface area (Å²) in [5.74, 6) is -0.361. The number of halogens is 2. The van der Waals surface area contributed by atoms with Crippen LogP contribution >= 0.6 is 12.4 Å². The van der Waals surface area contributed by atoms with Gasteiger partial charge in [0, 0.05) is 105 Å². The maximum atomic E-state index is 13.2. The fourth-order valence-corrected chi connectivity index (χ4v) is 12.9. The highest BCUT2D eigenvalue weighted by atomic mass is 35.5. The second-order valence-corrected chi connectivity index (χ2v) is 23.8. The van der Waals surface area contributed by atoms with E-state index in [0.717, 1.165) is 102 Å².